The van der Waals surface area contributed by atoms with Crippen molar-refractivity contribution < 1.29 is 8.42 Å². The van der Waals surface area contributed by atoms with E-state index in [2.05, 4.69) is 19.9 Å². The number of hydrogen-bond donors (Lipinski definition) is 2. The van der Waals surface area contributed by atoms with Gasteiger partial charge in [-0.3, -0.25) is 4.99 Å². The molecule has 0 atom stereocenters. The van der Waals surface area contributed by atoms with Gasteiger partial charge in [0.15, 0.2) is 5.96 Å². The van der Waals surface area contributed by atoms with E-state index in [9.17, 15) is 8.42 Å². The molecule has 1 spiro atoms. The lowest BCUT2D eigenvalue weighted by atomic mass is 9.68. The number of rotatable bonds is 5. The molecule has 1 aliphatic heterocycles. The number of nitrogens with zero attached hydrogens (tertiary/aromatic N) is 2. The fourth-order valence-electron chi connectivity index (χ4n) is 3.02. The summed E-state index contributed by atoms with van der Waals surface area (Å²) in [5, 5.41) is 3.24. The number of sulfonamides is 1. The van der Waals surface area contributed by atoms with Crippen LogP contribution >= 0.6 is 24.0 Å². The predicted octanol–water partition coefficient (Wildman–Crippen LogP) is 0.995. The highest BCUT2D eigenvalue weighted by Gasteiger charge is 2.43. The van der Waals surface area contributed by atoms with Crippen molar-refractivity contribution in [2.45, 2.75) is 32.6 Å². The van der Waals surface area contributed by atoms with Crippen molar-refractivity contribution in [2.75, 3.05) is 39.0 Å². The summed E-state index contributed by atoms with van der Waals surface area (Å²) in [7, 11) is -1.32. The zero-order valence-electron chi connectivity index (χ0n) is 12.9. The molecule has 124 valence electrons. The first-order valence-corrected chi connectivity index (χ1v) is 9.08. The molecule has 0 aromatic rings. The average Bonchev–Trinajstić information content (AvgIpc) is 2.84. The Hall–Kier alpha value is -0.0900. The molecule has 21 heavy (non-hydrogen) atoms. The molecule has 0 radical (unpaired) electrons. The zero-order chi connectivity index (χ0) is 14.6. The summed E-state index contributed by atoms with van der Waals surface area (Å²) in [5.74, 6) is 1.01. The van der Waals surface area contributed by atoms with Crippen molar-refractivity contribution in [3.63, 3.8) is 0 Å². The highest BCUT2D eigenvalue weighted by Crippen LogP contribution is 2.47. The molecule has 1 saturated heterocycles. The highest BCUT2D eigenvalue weighted by atomic mass is 127. The van der Waals surface area contributed by atoms with E-state index in [-0.39, 0.29) is 29.7 Å². The number of guanidine groups is 1. The average molecular weight is 430 g/mol. The lowest BCUT2D eigenvalue weighted by molar-refractivity contribution is 0.151. The minimum absolute atomic E-state index is 0. The third-order valence-electron chi connectivity index (χ3n) is 4.47. The Morgan fingerprint density at radius 3 is 2.48 bits per heavy atom. The fourth-order valence-corrected chi connectivity index (χ4v) is 3.63. The van der Waals surface area contributed by atoms with Crippen molar-refractivity contribution in [2.24, 2.45) is 10.4 Å². The van der Waals surface area contributed by atoms with E-state index < -0.39 is 10.0 Å². The summed E-state index contributed by atoms with van der Waals surface area (Å²) >= 11 is 0. The van der Waals surface area contributed by atoms with Crippen molar-refractivity contribution in [1.82, 2.24) is 14.9 Å². The van der Waals surface area contributed by atoms with Crippen molar-refractivity contribution in [3.05, 3.63) is 0 Å². The van der Waals surface area contributed by atoms with E-state index in [1.54, 1.807) is 14.0 Å². The van der Waals surface area contributed by atoms with E-state index in [1.807, 2.05) is 0 Å². The van der Waals surface area contributed by atoms with Gasteiger partial charge < -0.3 is 10.2 Å². The smallest absolute Gasteiger partial charge is 0.211 e. The molecular weight excluding hydrogens is 403 g/mol. The second-order valence-corrected chi connectivity index (χ2v) is 7.89. The predicted molar refractivity (Wildman–Crippen MR) is 96.7 cm³/mol. The molecule has 0 amide bonds. The molecule has 2 fully saturated rings. The van der Waals surface area contributed by atoms with Crippen LogP contribution in [-0.2, 0) is 10.0 Å². The van der Waals surface area contributed by atoms with Crippen LogP contribution in [0, 0.1) is 5.41 Å². The minimum atomic E-state index is -3.10. The monoisotopic (exact) mass is 430 g/mol. The fraction of sp³-hybridized carbons (Fsp3) is 0.923. The molecule has 2 N–H and O–H groups in total. The normalized spacial score (nSPS) is 21.0. The van der Waals surface area contributed by atoms with E-state index in [0.717, 1.165) is 19.0 Å². The van der Waals surface area contributed by atoms with Crippen LogP contribution in [0.5, 0.6) is 0 Å². The molecule has 0 unspecified atom stereocenters. The lowest BCUT2D eigenvalue weighted by Crippen LogP contribution is -2.44. The third-order valence-corrected chi connectivity index (χ3v) is 5.88. The Morgan fingerprint density at radius 1 is 1.29 bits per heavy atom. The molecule has 2 aliphatic rings. The first-order valence-electron chi connectivity index (χ1n) is 7.43. The summed E-state index contributed by atoms with van der Waals surface area (Å²) in [6.45, 7) is 4.74. The van der Waals surface area contributed by atoms with Crippen LogP contribution in [0.3, 0.4) is 0 Å². The standard InChI is InChI=1S/C13H26N4O2S.HI/c1-3-20(18,19)16-9-8-15-12(14-2)17-10-7-13(11-17)5-4-6-13;/h16H,3-11H2,1-2H3,(H,14,15);1H. The Morgan fingerprint density at radius 2 is 2.00 bits per heavy atom. The summed E-state index contributed by atoms with van der Waals surface area (Å²) in [5.41, 5.74) is 0.543. The number of hydrogen-bond acceptors (Lipinski definition) is 3. The largest absolute Gasteiger partial charge is 0.355 e. The van der Waals surface area contributed by atoms with Gasteiger partial charge in [-0.05, 0) is 31.6 Å². The Bertz CT molecular complexity index is 463. The zero-order valence-corrected chi connectivity index (χ0v) is 16.0. The van der Waals surface area contributed by atoms with Crippen LogP contribution in [0.1, 0.15) is 32.6 Å². The van der Waals surface area contributed by atoms with Crippen molar-refractivity contribution >= 4 is 40.0 Å². The maximum absolute atomic E-state index is 11.3. The second kappa shape index (κ2) is 7.96. The second-order valence-electron chi connectivity index (χ2n) is 5.80. The number of nitrogens with one attached hydrogen (secondary N) is 2. The van der Waals surface area contributed by atoms with Gasteiger partial charge >= 0.3 is 0 Å². The van der Waals surface area contributed by atoms with Gasteiger partial charge in [0.1, 0.15) is 0 Å². The molecule has 8 heteroatoms. The molecular formula is C13H27IN4O2S. The molecule has 0 bridgehead atoms. The molecule has 1 heterocycles. The number of aliphatic imine (C=N–C) groups is 1. The Kier molecular flexibility index (Phi) is 7.18. The van der Waals surface area contributed by atoms with E-state index in [0.29, 0.717) is 18.5 Å². The van der Waals surface area contributed by atoms with Crippen molar-refractivity contribution in [3.8, 4) is 0 Å². The SMILES string of the molecule is CCS(=O)(=O)NCCNC(=NC)N1CCC2(CCC2)C1.I. The third kappa shape index (κ3) is 4.95. The van der Waals surface area contributed by atoms with E-state index >= 15 is 0 Å². The number of halogens is 1. The molecule has 2 rings (SSSR count). The van der Waals surface area contributed by atoms with Gasteiger partial charge in [0.25, 0.3) is 0 Å². The topological polar surface area (TPSA) is 73.8 Å². The maximum Gasteiger partial charge on any atom is 0.211 e. The van der Waals surface area contributed by atoms with Crippen LogP contribution in [0.15, 0.2) is 4.99 Å². The molecule has 6 nitrogen and oxygen atoms in total. The van der Waals surface area contributed by atoms with E-state index in [4.69, 9.17) is 0 Å². The lowest BCUT2D eigenvalue weighted by Gasteiger charge is -2.38. The van der Waals surface area contributed by atoms with Gasteiger partial charge in [0, 0.05) is 33.2 Å². The maximum atomic E-state index is 11.3. The Balaban J connectivity index is 0.00000220. The van der Waals surface area contributed by atoms with Gasteiger partial charge in [-0.25, -0.2) is 13.1 Å². The van der Waals surface area contributed by atoms with E-state index in [1.165, 1.54) is 25.7 Å². The molecule has 1 saturated carbocycles. The van der Waals surface area contributed by atoms with Crippen LogP contribution < -0.4 is 10.0 Å². The molecule has 0 aromatic heterocycles. The molecule has 1 aliphatic carbocycles. The van der Waals surface area contributed by atoms with Gasteiger partial charge in [-0.2, -0.15) is 0 Å². The van der Waals surface area contributed by atoms with Crippen molar-refractivity contribution in [1.29, 1.82) is 0 Å². The van der Waals surface area contributed by atoms with Crippen LogP contribution in [0.25, 0.3) is 0 Å². The summed E-state index contributed by atoms with van der Waals surface area (Å²) in [4.78, 5) is 6.60. The van der Waals surface area contributed by atoms with Gasteiger partial charge in [0.05, 0.1) is 5.75 Å². The quantitative estimate of drug-likeness (QED) is 0.296. The van der Waals surface area contributed by atoms with Gasteiger partial charge in [0.2, 0.25) is 10.0 Å². The van der Waals surface area contributed by atoms with Gasteiger partial charge in [-0.1, -0.05) is 6.42 Å². The van der Waals surface area contributed by atoms with Crippen LogP contribution in [0.4, 0.5) is 0 Å². The summed E-state index contributed by atoms with van der Waals surface area (Å²) in [6, 6.07) is 0. The van der Waals surface area contributed by atoms with Gasteiger partial charge in [-0.15, -0.1) is 24.0 Å². The first kappa shape index (κ1) is 19.0. The highest BCUT2D eigenvalue weighted by molar-refractivity contribution is 14.0. The first-order chi connectivity index (χ1) is 9.50. The van der Waals surface area contributed by atoms with Crippen LogP contribution in [-0.4, -0.2) is 58.3 Å². The summed E-state index contributed by atoms with van der Waals surface area (Å²) < 4.78 is 25.2. The van der Waals surface area contributed by atoms with Crippen LogP contribution in [0.2, 0.25) is 0 Å². The minimum Gasteiger partial charge on any atom is -0.355 e. The Labute approximate surface area is 145 Å². The molecule has 0 aromatic carbocycles. The summed E-state index contributed by atoms with van der Waals surface area (Å²) in [6.07, 6.45) is 5.31. The number of likely N-dealkylation sites (tertiary alicyclic amines) is 1.